The molecule has 300 valence electrons. The second kappa shape index (κ2) is 16.4. The molecule has 15 heteroatoms. The summed E-state index contributed by atoms with van der Waals surface area (Å²) in [6.45, 7) is 11.0. The molecule has 2 unspecified atom stereocenters. The van der Waals surface area contributed by atoms with E-state index in [2.05, 4.69) is 15.4 Å². The SMILES string of the molecule is COc1ccc2c(O[C@@H]3C[C@H]4C(=O)N[C@]5(C(=O)NS(=O)C6CC6)CC5/C=C\CCCCC[C@H](NC(=O)OC(C)(C)C)C(=O)N4C3)cc(OC(C)C)nc2c1C. The zero-order valence-electron chi connectivity index (χ0n) is 32.9. The molecular weight excluding hydrogens is 727 g/mol. The van der Waals surface area contributed by atoms with Crippen LogP contribution in [-0.2, 0) is 30.1 Å². The molecule has 6 rings (SSSR count). The number of rotatable bonds is 9. The molecule has 2 aliphatic carbocycles. The molecule has 3 N–H and O–H groups in total. The van der Waals surface area contributed by atoms with Gasteiger partial charge in [-0.15, -0.1) is 0 Å². The first kappa shape index (κ1) is 40.3. The van der Waals surface area contributed by atoms with Crippen molar-refractivity contribution in [3.8, 4) is 17.4 Å². The largest absolute Gasteiger partial charge is 0.496 e. The number of nitrogens with zero attached hydrogens (tertiary/aromatic N) is 2. The van der Waals surface area contributed by atoms with Gasteiger partial charge in [-0.1, -0.05) is 25.0 Å². The molecule has 6 atom stereocenters. The van der Waals surface area contributed by atoms with Crippen LogP contribution < -0.4 is 29.6 Å². The number of hydrogen-bond donors (Lipinski definition) is 3. The van der Waals surface area contributed by atoms with E-state index in [1.807, 2.05) is 45.1 Å². The third-order valence-corrected chi connectivity index (χ3v) is 11.8. The molecular formula is C40H55N5O9S. The molecule has 3 heterocycles. The maximum absolute atomic E-state index is 14.6. The molecule has 1 aromatic carbocycles. The van der Waals surface area contributed by atoms with Gasteiger partial charge in [0.15, 0.2) is 0 Å². The highest BCUT2D eigenvalue weighted by molar-refractivity contribution is 7.84. The maximum Gasteiger partial charge on any atom is 0.408 e. The molecule has 55 heavy (non-hydrogen) atoms. The molecule has 0 radical (unpaired) electrons. The van der Waals surface area contributed by atoms with E-state index >= 15 is 0 Å². The molecule has 2 aliphatic heterocycles. The van der Waals surface area contributed by atoms with Crippen molar-refractivity contribution >= 4 is 45.7 Å². The first-order valence-corrected chi connectivity index (χ1v) is 20.6. The van der Waals surface area contributed by atoms with E-state index in [1.54, 1.807) is 33.9 Å². The summed E-state index contributed by atoms with van der Waals surface area (Å²) < 4.78 is 39.2. The Labute approximate surface area is 325 Å². The lowest BCUT2D eigenvalue weighted by Gasteiger charge is -2.30. The Kier molecular flexibility index (Phi) is 12.0. The average Bonchev–Trinajstić information content (AvgIpc) is 4.03. The summed E-state index contributed by atoms with van der Waals surface area (Å²) in [4.78, 5) is 62.1. The molecule has 0 bridgehead atoms. The van der Waals surface area contributed by atoms with Gasteiger partial charge in [-0.2, -0.15) is 0 Å². The fraction of sp³-hybridized carbons (Fsp3) is 0.625. The van der Waals surface area contributed by atoms with Gasteiger partial charge in [-0.25, -0.2) is 14.0 Å². The van der Waals surface area contributed by atoms with Crippen molar-refractivity contribution in [2.24, 2.45) is 5.92 Å². The van der Waals surface area contributed by atoms with Crippen molar-refractivity contribution in [3.63, 3.8) is 0 Å². The summed E-state index contributed by atoms with van der Waals surface area (Å²) >= 11 is 0. The highest BCUT2D eigenvalue weighted by atomic mass is 32.2. The monoisotopic (exact) mass is 781 g/mol. The summed E-state index contributed by atoms with van der Waals surface area (Å²) in [6, 6.07) is 3.37. The summed E-state index contributed by atoms with van der Waals surface area (Å²) in [6.07, 6.45) is 7.79. The van der Waals surface area contributed by atoms with Crippen molar-refractivity contribution in [1.29, 1.82) is 0 Å². The molecule has 2 aromatic rings. The number of fused-ring (bicyclic) bond motifs is 3. The number of allylic oxidation sites excluding steroid dienone is 1. The van der Waals surface area contributed by atoms with E-state index in [0.29, 0.717) is 47.5 Å². The number of benzene rings is 1. The number of carbonyl (C=O) groups excluding carboxylic acids is 4. The number of hydrogen-bond acceptors (Lipinski definition) is 10. The van der Waals surface area contributed by atoms with Crippen LogP contribution in [0.15, 0.2) is 30.4 Å². The lowest BCUT2D eigenvalue weighted by Crippen LogP contribution is -2.58. The highest BCUT2D eigenvalue weighted by Crippen LogP contribution is 2.46. The van der Waals surface area contributed by atoms with Gasteiger partial charge in [0.2, 0.25) is 17.7 Å². The number of pyridine rings is 1. The van der Waals surface area contributed by atoms with E-state index in [0.717, 1.165) is 37.7 Å². The van der Waals surface area contributed by atoms with Crippen molar-refractivity contribution in [2.45, 2.75) is 140 Å². The van der Waals surface area contributed by atoms with E-state index < -0.39 is 64.1 Å². The van der Waals surface area contributed by atoms with Gasteiger partial charge < -0.3 is 34.5 Å². The van der Waals surface area contributed by atoms with Crippen molar-refractivity contribution in [3.05, 3.63) is 35.9 Å². The average molecular weight is 782 g/mol. The molecule has 14 nitrogen and oxygen atoms in total. The fourth-order valence-corrected chi connectivity index (χ4v) is 8.42. The molecule has 1 saturated heterocycles. The van der Waals surface area contributed by atoms with E-state index in [1.165, 1.54) is 4.90 Å². The van der Waals surface area contributed by atoms with Gasteiger partial charge in [-0.05, 0) is 92.2 Å². The predicted molar refractivity (Wildman–Crippen MR) is 207 cm³/mol. The van der Waals surface area contributed by atoms with Gasteiger partial charge in [-0.3, -0.25) is 19.1 Å². The molecule has 3 fully saturated rings. The molecule has 1 aromatic heterocycles. The van der Waals surface area contributed by atoms with Crippen LogP contribution >= 0.6 is 0 Å². The van der Waals surface area contributed by atoms with Crippen LogP contribution in [0, 0.1) is 12.8 Å². The van der Waals surface area contributed by atoms with E-state index in [-0.39, 0.29) is 30.2 Å². The fourth-order valence-electron chi connectivity index (χ4n) is 7.32. The Morgan fingerprint density at radius 1 is 1.09 bits per heavy atom. The Balaban J connectivity index is 1.34. The Morgan fingerprint density at radius 3 is 2.55 bits per heavy atom. The minimum Gasteiger partial charge on any atom is -0.496 e. The normalized spacial score (nSPS) is 27.1. The first-order valence-electron chi connectivity index (χ1n) is 19.4. The van der Waals surface area contributed by atoms with Crippen LogP contribution in [-0.4, -0.2) is 92.2 Å². The van der Waals surface area contributed by atoms with Crippen molar-refractivity contribution < 1.29 is 42.3 Å². The quantitative estimate of drug-likeness (QED) is 0.297. The Morgan fingerprint density at radius 2 is 1.85 bits per heavy atom. The Bertz CT molecular complexity index is 1860. The molecule has 2 saturated carbocycles. The van der Waals surface area contributed by atoms with Gasteiger partial charge in [0, 0.05) is 29.4 Å². The van der Waals surface area contributed by atoms with Crippen LogP contribution in [0.25, 0.3) is 10.9 Å². The highest BCUT2D eigenvalue weighted by Gasteiger charge is 2.61. The number of nitrogens with one attached hydrogen (secondary N) is 3. The lowest BCUT2D eigenvalue weighted by molar-refractivity contribution is -0.141. The number of aryl methyl sites for hydroxylation is 1. The minimum atomic E-state index is -1.55. The third-order valence-electron chi connectivity index (χ3n) is 10.3. The van der Waals surface area contributed by atoms with Crippen LogP contribution in [0.1, 0.15) is 98.0 Å². The number of methoxy groups -OCH3 is 1. The third kappa shape index (κ3) is 9.53. The van der Waals surface area contributed by atoms with E-state index in [4.69, 9.17) is 23.9 Å². The summed E-state index contributed by atoms with van der Waals surface area (Å²) in [5.74, 6) is -0.308. The van der Waals surface area contributed by atoms with Gasteiger partial charge in [0.1, 0.15) is 51.8 Å². The first-order chi connectivity index (χ1) is 26.1. The molecule has 0 spiro atoms. The van der Waals surface area contributed by atoms with Crippen LogP contribution in [0.3, 0.4) is 0 Å². The number of amides is 4. The molecule has 4 aliphatic rings. The van der Waals surface area contributed by atoms with Crippen molar-refractivity contribution in [2.75, 3.05) is 13.7 Å². The van der Waals surface area contributed by atoms with Crippen molar-refractivity contribution in [1.82, 2.24) is 25.2 Å². The van der Waals surface area contributed by atoms with Crippen LogP contribution in [0.5, 0.6) is 17.4 Å². The number of carbonyl (C=O) groups is 4. The predicted octanol–water partition coefficient (Wildman–Crippen LogP) is 4.92. The van der Waals surface area contributed by atoms with Crippen LogP contribution in [0.4, 0.5) is 4.79 Å². The van der Waals surface area contributed by atoms with Gasteiger partial charge in [0.05, 0.1) is 30.5 Å². The standard InChI is InChI=1S/C40H55N5O9S/c1-23(2)52-33-20-32(28-17-18-31(51-7)24(3)34(28)42-33)53-26-19-30-35(46)43-40(37(48)44-55(50)27-15-16-27)21-25(40)13-11-9-8-10-12-14-29(36(47)45(30)22-26)41-38(49)54-39(4,5)6/h11,13,17-18,20,23,25-27,29-30H,8-10,12,14-16,19,21-22H2,1-7H3,(H,41,49)(H,43,46)(H,44,48)/b13-11-/t25?,26-,29+,30+,40-,55?/m1/s1. The zero-order valence-corrected chi connectivity index (χ0v) is 33.7. The topological polar surface area (TPSA) is 174 Å². The second-order valence-corrected chi connectivity index (χ2v) is 17.8. The summed E-state index contributed by atoms with van der Waals surface area (Å²) in [5, 5.41) is 6.40. The second-order valence-electron chi connectivity index (χ2n) is 16.4. The maximum atomic E-state index is 14.6. The lowest BCUT2D eigenvalue weighted by atomic mass is 10.0. The Hall–Kier alpha value is -4.40. The summed E-state index contributed by atoms with van der Waals surface area (Å²) in [5.41, 5.74) is -0.676. The van der Waals surface area contributed by atoms with Crippen LogP contribution in [0.2, 0.25) is 0 Å². The number of aromatic nitrogens is 1. The zero-order chi connectivity index (χ0) is 39.7. The number of alkyl carbamates (subject to hydrolysis) is 1. The smallest absolute Gasteiger partial charge is 0.408 e. The van der Waals surface area contributed by atoms with Gasteiger partial charge in [0.25, 0.3) is 5.91 Å². The van der Waals surface area contributed by atoms with E-state index in [9.17, 15) is 23.4 Å². The summed E-state index contributed by atoms with van der Waals surface area (Å²) in [7, 11) is 0.0420. The number of ether oxygens (including phenoxy) is 4. The minimum absolute atomic E-state index is 0.0248. The molecule has 4 amide bonds. The van der Waals surface area contributed by atoms with Gasteiger partial charge >= 0.3 is 6.09 Å².